The van der Waals surface area contributed by atoms with Gasteiger partial charge in [-0.25, -0.2) is 9.97 Å². The maximum Gasteiger partial charge on any atom is 0.224 e. The molecule has 2 N–H and O–H groups in total. The van der Waals surface area contributed by atoms with E-state index in [4.69, 9.17) is 4.74 Å². The summed E-state index contributed by atoms with van der Waals surface area (Å²) in [5, 5.41) is 6.44. The fourth-order valence-electron chi connectivity index (χ4n) is 3.87. The average Bonchev–Trinajstić information content (AvgIpc) is 2.78. The lowest BCUT2D eigenvalue weighted by Gasteiger charge is -2.27. The van der Waals surface area contributed by atoms with E-state index in [1.54, 1.807) is 0 Å². The Morgan fingerprint density at radius 1 is 1.09 bits per heavy atom. The van der Waals surface area contributed by atoms with E-state index in [1.807, 2.05) is 57.5 Å². The lowest BCUT2D eigenvalue weighted by atomic mass is 9.85. The average molecular weight is 484 g/mol. The van der Waals surface area contributed by atoms with Crippen LogP contribution < -0.4 is 20.3 Å². The van der Waals surface area contributed by atoms with E-state index in [1.165, 1.54) is 0 Å². The van der Waals surface area contributed by atoms with Gasteiger partial charge in [-0.05, 0) is 57.4 Å². The van der Waals surface area contributed by atoms with E-state index in [0.29, 0.717) is 25.1 Å². The van der Waals surface area contributed by atoms with Crippen molar-refractivity contribution in [2.45, 2.75) is 45.2 Å². The number of aromatic nitrogens is 2. The number of carbonyl (C=O) groups is 1. The van der Waals surface area contributed by atoms with Crippen molar-refractivity contribution in [1.82, 2.24) is 20.6 Å². The number of hydrogen-bond donors (Lipinski definition) is 2. The molecule has 1 aliphatic carbocycles. The molecule has 2 aromatic rings. The number of nitrogens with zero attached hydrogens (tertiary/aromatic N) is 3. The van der Waals surface area contributed by atoms with Crippen LogP contribution in [0, 0.1) is 5.92 Å². The third-order valence-electron chi connectivity index (χ3n) is 5.69. The van der Waals surface area contributed by atoms with E-state index in [0.717, 1.165) is 48.1 Å². The molecule has 7 nitrogen and oxygen atoms in total. The number of halogens is 2. The van der Waals surface area contributed by atoms with Gasteiger partial charge in [0.15, 0.2) is 0 Å². The summed E-state index contributed by atoms with van der Waals surface area (Å²) in [5.74, 6) is 1.70. The van der Waals surface area contributed by atoms with Gasteiger partial charge in [-0.15, -0.1) is 24.8 Å². The molecule has 1 amide bonds. The summed E-state index contributed by atoms with van der Waals surface area (Å²) in [5.41, 5.74) is 2.90. The highest BCUT2D eigenvalue weighted by Crippen LogP contribution is 2.28. The topological polar surface area (TPSA) is 79.4 Å². The zero-order valence-electron chi connectivity index (χ0n) is 19.3. The summed E-state index contributed by atoms with van der Waals surface area (Å²) in [7, 11) is 5.82. The molecule has 1 fully saturated rings. The SMILES string of the molecule is CCOc1ccc(-c2cnc(N(C)C)nc2)cc1CNC(=O)C1CCC(NC)CC1.Cl.Cl. The number of anilines is 1. The molecule has 0 unspecified atom stereocenters. The van der Waals surface area contributed by atoms with Crippen molar-refractivity contribution in [1.29, 1.82) is 0 Å². The Morgan fingerprint density at radius 2 is 1.75 bits per heavy atom. The largest absolute Gasteiger partial charge is 0.494 e. The Morgan fingerprint density at radius 3 is 2.31 bits per heavy atom. The van der Waals surface area contributed by atoms with Crippen LogP contribution in [0.2, 0.25) is 0 Å². The lowest BCUT2D eigenvalue weighted by Crippen LogP contribution is -2.37. The number of hydrogen-bond acceptors (Lipinski definition) is 6. The minimum Gasteiger partial charge on any atom is -0.494 e. The van der Waals surface area contributed by atoms with Crippen molar-refractivity contribution >= 4 is 36.7 Å². The van der Waals surface area contributed by atoms with Gasteiger partial charge in [0.25, 0.3) is 0 Å². The van der Waals surface area contributed by atoms with Crippen molar-refractivity contribution in [3.8, 4) is 16.9 Å². The standard InChI is InChI=1S/C23H33N5O2.2ClH/c1-5-30-21-11-8-17(19-14-26-23(27-15-19)28(3)4)12-18(21)13-25-22(29)16-6-9-20(24-2)10-7-16;;/h8,11-12,14-16,20,24H,5-7,9-10,13H2,1-4H3,(H,25,29);2*1H. The Bertz CT molecular complexity index is 841. The number of carbonyl (C=O) groups excluding carboxylic acids is 1. The van der Waals surface area contributed by atoms with Crippen LogP contribution >= 0.6 is 24.8 Å². The Balaban J connectivity index is 0.00000256. The van der Waals surface area contributed by atoms with Crippen molar-refractivity contribution in [3.63, 3.8) is 0 Å². The predicted octanol–water partition coefficient (Wildman–Crippen LogP) is 3.85. The first-order valence-electron chi connectivity index (χ1n) is 10.7. The second-order valence-electron chi connectivity index (χ2n) is 7.98. The van der Waals surface area contributed by atoms with Crippen molar-refractivity contribution < 1.29 is 9.53 Å². The highest BCUT2D eigenvalue weighted by Gasteiger charge is 2.25. The summed E-state index contributed by atoms with van der Waals surface area (Å²) in [4.78, 5) is 23.4. The summed E-state index contributed by atoms with van der Waals surface area (Å²) < 4.78 is 5.79. The van der Waals surface area contributed by atoms with Gasteiger partial charge in [0.1, 0.15) is 5.75 Å². The van der Waals surface area contributed by atoms with Crippen LogP contribution in [-0.4, -0.2) is 49.7 Å². The summed E-state index contributed by atoms with van der Waals surface area (Å²) >= 11 is 0. The molecule has 1 saturated carbocycles. The smallest absolute Gasteiger partial charge is 0.224 e. The second-order valence-corrected chi connectivity index (χ2v) is 7.98. The molecule has 9 heteroatoms. The molecule has 0 saturated heterocycles. The predicted molar refractivity (Wildman–Crippen MR) is 134 cm³/mol. The Kier molecular flexibility index (Phi) is 11.8. The van der Waals surface area contributed by atoms with Gasteiger partial charge in [-0.2, -0.15) is 0 Å². The lowest BCUT2D eigenvalue weighted by molar-refractivity contribution is -0.126. The number of nitrogens with one attached hydrogen (secondary N) is 2. The third kappa shape index (κ3) is 7.22. The third-order valence-corrected chi connectivity index (χ3v) is 5.69. The summed E-state index contributed by atoms with van der Waals surface area (Å²) in [6, 6.07) is 6.55. The highest BCUT2D eigenvalue weighted by molar-refractivity contribution is 5.85. The minimum atomic E-state index is 0. The van der Waals surface area contributed by atoms with Gasteiger partial charge in [-0.1, -0.05) is 6.07 Å². The first-order valence-corrected chi connectivity index (χ1v) is 10.7. The van der Waals surface area contributed by atoms with Gasteiger partial charge in [-0.3, -0.25) is 4.79 Å². The summed E-state index contributed by atoms with van der Waals surface area (Å²) in [6.45, 7) is 2.99. The van der Waals surface area contributed by atoms with Crippen LogP contribution in [0.3, 0.4) is 0 Å². The first-order chi connectivity index (χ1) is 14.5. The molecule has 0 spiro atoms. The van der Waals surface area contributed by atoms with Crippen molar-refractivity contribution in [2.75, 3.05) is 32.6 Å². The van der Waals surface area contributed by atoms with Crippen LogP contribution in [0.5, 0.6) is 5.75 Å². The molecule has 1 aliphatic rings. The molecule has 0 aliphatic heterocycles. The summed E-state index contributed by atoms with van der Waals surface area (Å²) in [6.07, 6.45) is 7.62. The number of benzene rings is 1. The molecule has 0 radical (unpaired) electrons. The fraction of sp³-hybridized carbons (Fsp3) is 0.522. The van der Waals surface area contributed by atoms with Gasteiger partial charge in [0.05, 0.1) is 6.61 Å². The zero-order valence-corrected chi connectivity index (χ0v) is 20.9. The second kappa shape index (κ2) is 13.5. The van der Waals surface area contributed by atoms with Crippen LogP contribution in [0.25, 0.3) is 11.1 Å². The van der Waals surface area contributed by atoms with Gasteiger partial charge in [0, 0.05) is 56.1 Å². The quantitative estimate of drug-likeness (QED) is 0.593. The molecular weight excluding hydrogens is 449 g/mol. The van der Waals surface area contributed by atoms with Crippen LogP contribution in [0.1, 0.15) is 38.2 Å². The molecule has 32 heavy (non-hydrogen) atoms. The number of amides is 1. The minimum absolute atomic E-state index is 0. The first kappa shape index (κ1) is 27.9. The molecule has 3 rings (SSSR count). The van der Waals surface area contributed by atoms with Crippen LogP contribution in [-0.2, 0) is 11.3 Å². The van der Waals surface area contributed by atoms with Crippen LogP contribution in [0.15, 0.2) is 30.6 Å². The van der Waals surface area contributed by atoms with E-state index in [2.05, 4.69) is 26.7 Å². The maximum absolute atomic E-state index is 12.7. The fourth-order valence-corrected chi connectivity index (χ4v) is 3.87. The van der Waals surface area contributed by atoms with E-state index >= 15 is 0 Å². The van der Waals surface area contributed by atoms with Gasteiger partial charge in [0.2, 0.25) is 11.9 Å². The Labute approximate surface area is 203 Å². The Hall–Kier alpha value is -2.09. The molecule has 1 heterocycles. The molecule has 0 atom stereocenters. The van der Waals surface area contributed by atoms with Crippen molar-refractivity contribution in [3.05, 3.63) is 36.2 Å². The van der Waals surface area contributed by atoms with Crippen molar-refractivity contribution in [2.24, 2.45) is 5.92 Å². The highest BCUT2D eigenvalue weighted by atomic mass is 35.5. The number of rotatable bonds is 8. The van der Waals surface area contributed by atoms with E-state index in [9.17, 15) is 4.79 Å². The van der Waals surface area contributed by atoms with Crippen LogP contribution in [0.4, 0.5) is 5.95 Å². The molecular formula is C23H35Cl2N5O2. The monoisotopic (exact) mass is 483 g/mol. The molecule has 178 valence electrons. The number of ether oxygens (including phenoxy) is 1. The maximum atomic E-state index is 12.7. The molecule has 1 aromatic heterocycles. The van der Waals surface area contributed by atoms with E-state index < -0.39 is 0 Å². The molecule has 1 aromatic carbocycles. The van der Waals surface area contributed by atoms with Gasteiger partial charge >= 0.3 is 0 Å². The normalized spacial score (nSPS) is 17.5. The molecule has 0 bridgehead atoms. The van der Waals surface area contributed by atoms with Gasteiger partial charge < -0.3 is 20.3 Å². The van der Waals surface area contributed by atoms with E-state index in [-0.39, 0.29) is 36.6 Å². The zero-order chi connectivity index (χ0) is 21.5.